The first-order valence-electron chi connectivity index (χ1n) is 10.7. The third-order valence-electron chi connectivity index (χ3n) is 4.82. The summed E-state index contributed by atoms with van der Waals surface area (Å²) in [6.45, 7) is -1.19. The highest BCUT2D eigenvalue weighted by Gasteiger charge is 2.57. The number of esters is 1. The van der Waals surface area contributed by atoms with Gasteiger partial charge in [-0.1, -0.05) is 36.9 Å². The van der Waals surface area contributed by atoms with Crippen molar-refractivity contribution in [3.8, 4) is 17.0 Å². The number of carbonyl (C=O) groups excluding carboxylic acids is 1. The van der Waals surface area contributed by atoms with Crippen LogP contribution in [0.2, 0.25) is 0 Å². The van der Waals surface area contributed by atoms with Gasteiger partial charge in [-0.25, -0.2) is 19.0 Å². The summed E-state index contributed by atoms with van der Waals surface area (Å²) in [4.78, 5) is 10.7. The maximum absolute atomic E-state index is 14.0. The van der Waals surface area contributed by atoms with Crippen LogP contribution in [-0.2, 0) is 30.8 Å². The zero-order valence-electron chi connectivity index (χ0n) is 19.8. The Kier molecular flexibility index (Phi) is 8.57. The number of aromatic nitrogens is 1. The van der Waals surface area contributed by atoms with Crippen LogP contribution in [0.3, 0.4) is 0 Å². The Labute approximate surface area is 215 Å². The number of alkyl halides is 8. The van der Waals surface area contributed by atoms with Crippen molar-refractivity contribution in [2.75, 3.05) is 13.2 Å². The van der Waals surface area contributed by atoms with E-state index >= 15 is 0 Å². The summed E-state index contributed by atoms with van der Waals surface area (Å²) in [5, 5.41) is 0.699. The van der Waals surface area contributed by atoms with Gasteiger partial charge in [-0.15, -0.1) is 17.6 Å². The Morgan fingerprint density at radius 1 is 0.846 bits per heavy atom. The van der Waals surface area contributed by atoms with E-state index in [4.69, 9.17) is 4.74 Å². The van der Waals surface area contributed by atoms with Gasteiger partial charge in [-0.2, -0.15) is 17.6 Å². The third kappa shape index (κ3) is 8.40. The fourth-order valence-electron chi connectivity index (χ4n) is 3.25. The summed E-state index contributed by atoms with van der Waals surface area (Å²) >= 11 is 0. The van der Waals surface area contributed by atoms with E-state index < -0.39 is 44.0 Å². The Bertz CT molecular complexity index is 1310. The van der Waals surface area contributed by atoms with Gasteiger partial charge in [0.15, 0.2) is 13.2 Å². The van der Waals surface area contributed by atoms with Gasteiger partial charge in [0.2, 0.25) is 0 Å². The average molecular weight is 569 g/mol. The van der Waals surface area contributed by atoms with Gasteiger partial charge < -0.3 is 14.0 Å². The van der Waals surface area contributed by atoms with E-state index in [-0.39, 0.29) is 5.75 Å². The van der Waals surface area contributed by atoms with Crippen LogP contribution in [0.4, 0.5) is 35.1 Å². The molecular formula is C24H19F8NO6. The molecule has 7 nitrogen and oxygen atoms in total. The van der Waals surface area contributed by atoms with Crippen LogP contribution in [0, 0.1) is 0 Å². The minimum absolute atomic E-state index is 0.210. The molecule has 0 aliphatic carbocycles. The van der Waals surface area contributed by atoms with Crippen molar-refractivity contribution < 1.29 is 63.6 Å². The first-order valence-corrected chi connectivity index (χ1v) is 10.7. The molecule has 0 saturated heterocycles. The predicted molar refractivity (Wildman–Crippen MR) is 118 cm³/mol. The molecule has 0 saturated carbocycles. The number of aryl methyl sites for hydroxylation is 1. The van der Waals surface area contributed by atoms with Crippen molar-refractivity contribution in [2.24, 2.45) is 7.05 Å². The fraction of sp³-hybridized carbons (Fsp3) is 0.292. The van der Waals surface area contributed by atoms with Crippen LogP contribution in [0.1, 0.15) is 0 Å². The second kappa shape index (κ2) is 11.2. The normalized spacial score (nSPS) is 12.9. The summed E-state index contributed by atoms with van der Waals surface area (Å²) in [6, 6.07) is 15.1. The highest BCUT2D eigenvalue weighted by atomic mass is 19.3. The van der Waals surface area contributed by atoms with E-state index in [1.807, 2.05) is 36.4 Å². The van der Waals surface area contributed by atoms with Crippen molar-refractivity contribution >= 4 is 16.9 Å². The smallest absolute Gasteiger partial charge is 0.484 e. The lowest BCUT2D eigenvalue weighted by molar-refractivity contribution is -0.574. The third-order valence-corrected chi connectivity index (χ3v) is 4.82. The molecule has 15 heteroatoms. The first-order chi connectivity index (χ1) is 18.0. The fourth-order valence-corrected chi connectivity index (χ4v) is 3.25. The molecule has 0 unspecified atom stereocenters. The molecule has 3 aromatic rings. The summed E-state index contributed by atoms with van der Waals surface area (Å²) in [5.74, 6) is -1.68. The zero-order valence-corrected chi connectivity index (χ0v) is 19.8. The topological polar surface area (TPSA) is 68.2 Å². The van der Waals surface area contributed by atoms with E-state index in [2.05, 4.69) is 25.5 Å². The molecule has 0 aliphatic heterocycles. The lowest BCUT2D eigenvalue weighted by Gasteiger charge is -2.27. The van der Waals surface area contributed by atoms with Crippen LogP contribution in [0.5, 0.6) is 5.75 Å². The van der Waals surface area contributed by atoms with Crippen molar-refractivity contribution in [3.63, 3.8) is 0 Å². The van der Waals surface area contributed by atoms with Gasteiger partial charge in [-0.05, 0) is 23.8 Å². The standard InChI is InChI=1S/C24H19F8NO6/c1-3-20(34)36-14-22(27,28)38-24(31,32)39-23(29,30)37-21(25,26)13-35-17-10-9-16-11-18(33(2)19(16)12-17)15-7-5-4-6-8-15/h3-12H,1,13-14H2,2H3. The minimum atomic E-state index is -5.86. The quantitative estimate of drug-likeness (QED) is 0.104. The SMILES string of the molecule is C=CC(=O)OCC(F)(F)OC(F)(F)OC(F)(F)OC(F)(F)COc1ccc2cc(-c3ccccc3)n(C)c2c1. The maximum atomic E-state index is 14.0. The lowest BCUT2D eigenvalue weighted by atomic mass is 10.1. The molecule has 0 radical (unpaired) electrons. The van der Waals surface area contributed by atoms with Crippen molar-refractivity contribution in [1.82, 2.24) is 4.57 Å². The van der Waals surface area contributed by atoms with E-state index in [9.17, 15) is 39.9 Å². The molecule has 3 rings (SSSR count). The number of hydrogen-bond donors (Lipinski definition) is 0. The van der Waals surface area contributed by atoms with E-state index in [0.29, 0.717) is 17.0 Å². The number of rotatable bonds is 13. The number of ether oxygens (including phenoxy) is 5. The van der Waals surface area contributed by atoms with Crippen LogP contribution < -0.4 is 4.74 Å². The molecule has 39 heavy (non-hydrogen) atoms. The van der Waals surface area contributed by atoms with Crippen LogP contribution in [0.25, 0.3) is 22.2 Å². The summed E-state index contributed by atoms with van der Waals surface area (Å²) in [7, 11) is 1.69. The number of carbonyl (C=O) groups is 1. The largest absolute Gasteiger partial charge is 0.496 e. The first kappa shape index (κ1) is 29.9. The molecule has 212 valence electrons. The summed E-state index contributed by atoms with van der Waals surface area (Å²) in [5.41, 5.74) is 2.17. The lowest BCUT2D eigenvalue weighted by Crippen LogP contribution is -2.46. The van der Waals surface area contributed by atoms with Gasteiger partial charge in [0, 0.05) is 30.3 Å². The minimum Gasteiger partial charge on any atom is -0.484 e. The van der Waals surface area contributed by atoms with Gasteiger partial charge in [0.1, 0.15) is 5.75 Å². The van der Waals surface area contributed by atoms with Crippen molar-refractivity contribution in [3.05, 3.63) is 67.3 Å². The molecule has 0 atom stereocenters. The molecule has 0 spiro atoms. The number of hydrogen-bond acceptors (Lipinski definition) is 6. The summed E-state index contributed by atoms with van der Waals surface area (Å²) < 4.78 is 127. The number of fused-ring (bicyclic) bond motifs is 1. The van der Waals surface area contributed by atoms with Gasteiger partial charge in [-0.3, -0.25) is 0 Å². The molecule has 2 aromatic carbocycles. The number of benzene rings is 2. The molecule has 1 heterocycles. The van der Waals surface area contributed by atoms with Crippen molar-refractivity contribution in [1.29, 1.82) is 0 Å². The van der Waals surface area contributed by atoms with E-state index in [1.54, 1.807) is 11.6 Å². The molecule has 0 N–H and O–H groups in total. The molecular weight excluding hydrogens is 550 g/mol. The predicted octanol–water partition coefficient (Wildman–Crippen LogP) is 6.29. The Balaban J connectivity index is 1.63. The highest BCUT2D eigenvalue weighted by Crippen LogP contribution is 2.37. The highest BCUT2D eigenvalue weighted by molar-refractivity contribution is 5.88. The Hall–Kier alpha value is -3.69. The molecule has 0 fully saturated rings. The maximum Gasteiger partial charge on any atom is 0.496 e. The van der Waals surface area contributed by atoms with Gasteiger partial charge >= 0.3 is 30.8 Å². The van der Waals surface area contributed by atoms with Crippen LogP contribution >= 0.6 is 0 Å². The second-order valence-corrected chi connectivity index (χ2v) is 7.78. The number of nitrogens with zero attached hydrogens (tertiary/aromatic N) is 1. The monoisotopic (exact) mass is 569 g/mol. The van der Waals surface area contributed by atoms with Gasteiger partial charge in [0.05, 0.1) is 5.52 Å². The number of halogens is 8. The van der Waals surface area contributed by atoms with Crippen molar-refractivity contribution in [2.45, 2.75) is 24.8 Å². The molecule has 0 aliphatic rings. The van der Waals surface area contributed by atoms with Crippen LogP contribution in [0.15, 0.2) is 67.3 Å². The van der Waals surface area contributed by atoms with Crippen LogP contribution in [-0.4, -0.2) is 48.6 Å². The molecule has 1 aromatic heterocycles. The van der Waals surface area contributed by atoms with E-state index in [1.165, 1.54) is 18.2 Å². The summed E-state index contributed by atoms with van der Waals surface area (Å²) in [6.07, 6.45) is -21.3. The Morgan fingerprint density at radius 2 is 1.44 bits per heavy atom. The zero-order chi connectivity index (χ0) is 29.1. The molecule has 0 amide bonds. The van der Waals surface area contributed by atoms with Gasteiger partial charge in [0.25, 0.3) is 0 Å². The second-order valence-electron chi connectivity index (χ2n) is 7.78. The van der Waals surface area contributed by atoms with E-state index in [0.717, 1.165) is 11.3 Å². The molecule has 0 bridgehead atoms. The average Bonchev–Trinajstić information content (AvgIpc) is 3.15. The Morgan fingerprint density at radius 3 is 2.03 bits per heavy atom.